The topological polar surface area (TPSA) is 86.3 Å². The molecule has 0 saturated heterocycles. The van der Waals surface area contributed by atoms with E-state index in [4.69, 9.17) is 0 Å². The summed E-state index contributed by atoms with van der Waals surface area (Å²) in [4.78, 5) is 20.3. The molecule has 90 valence electrons. The maximum Gasteiger partial charge on any atom is 0.284 e. The predicted octanol–water partition coefficient (Wildman–Crippen LogP) is 3.38. The van der Waals surface area contributed by atoms with E-state index in [2.05, 4.69) is 15.9 Å². The van der Waals surface area contributed by atoms with Gasteiger partial charge in [-0.15, -0.1) is 0 Å². The Labute approximate surface area is 105 Å². The lowest BCUT2D eigenvalue weighted by atomic mass is 10.1. The van der Waals surface area contributed by atoms with Crippen LogP contribution in [0, 0.1) is 20.2 Å². The van der Waals surface area contributed by atoms with Crippen molar-refractivity contribution in [3.05, 3.63) is 54.2 Å². The lowest BCUT2D eigenvalue weighted by Gasteiger charge is -1.98. The average Bonchev–Trinajstić information content (AvgIpc) is 2.27. The van der Waals surface area contributed by atoms with Crippen LogP contribution in [0.15, 0.2) is 28.4 Å². The van der Waals surface area contributed by atoms with Crippen molar-refractivity contribution in [1.29, 1.82) is 0 Å². The Morgan fingerprint density at radius 1 is 1.41 bits per heavy atom. The van der Waals surface area contributed by atoms with E-state index >= 15 is 0 Å². The smallest absolute Gasteiger partial charge is 0.259 e. The molecule has 0 atom stereocenters. The molecule has 6 nitrogen and oxygen atoms in total. The summed E-state index contributed by atoms with van der Waals surface area (Å²) >= 11 is 3.05. The van der Waals surface area contributed by atoms with Gasteiger partial charge in [-0.2, -0.15) is 0 Å². The molecular formula is C10H9BrN2O4. The van der Waals surface area contributed by atoms with Crippen LogP contribution in [0.3, 0.4) is 0 Å². The fraction of sp³-hybridized carbons (Fsp3) is 0.200. The van der Waals surface area contributed by atoms with Crippen LogP contribution in [0.5, 0.6) is 0 Å². The first kappa shape index (κ1) is 13.3. The third-order valence-electron chi connectivity index (χ3n) is 2.10. The second-order valence-electron chi connectivity index (χ2n) is 3.21. The van der Waals surface area contributed by atoms with Crippen molar-refractivity contribution in [3.8, 4) is 0 Å². The number of hydrogen-bond donors (Lipinski definition) is 0. The molecule has 0 radical (unpaired) electrons. The van der Waals surface area contributed by atoms with E-state index in [1.54, 1.807) is 13.0 Å². The van der Waals surface area contributed by atoms with Crippen LogP contribution in [0.2, 0.25) is 0 Å². The lowest BCUT2D eigenvalue weighted by Crippen LogP contribution is -1.97. The molecule has 0 aliphatic rings. The van der Waals surface area contributed by atoms with Crippen LogP contribution in [0.1, 0.15) is 18.9 Å². The fourth-order valence-electron chi connectivity index (χ4n) is 1.24. The molecule has 0 spiro atoms. The number of benzene rings is 1. The van der Waals surface area contributed by atoms with E-state index in [0.717, 1.165) is 0 Å². The Bertz CT molecular complexity index is 499. The van der Waals surface area contributed by atoms with Gasteiger partial charge in [0, 0.05) is 18.6 Å². The van der Waals surface area contributed by atoms with Crippen LogP contribution in [-0.4, -0.2) is 9.85 Å². The Kier molecular flexibility index (Phi) is 4.33. The molecular weight excluding hydrogens is 292 g/mol. The zero-order chi connectivity index (χ0) is 13.0. The maximum absolute atomic E-state index is 10.7. The van der Waals surface area contributed by atoms with Crippen molar-refractivity contribution in [1.82, 2.24) is 0 Å². The first-order valence-corrected chi connectivity index (χ1v) is 5.54. The molecule has 0 bridgehead atoms. The van der Waals surface area contributed by atoms with Gasteiger partial charge in [0.2, 0.25) is 5.70 Å². The minimum absolute atomic E-state index is 0.0154. The summed E-state index contributed by atoms with van der Waals surface area (Å²) in [7, 11) is 0. The quantitative estimate of drug-likeness (QED) is 0.630. The molecule has 0 aliphatic heterocycles. The van der Waals surface area contributed by atoms with Gasteiger partial charge in [0.25, 0.3) is 5.69 Å². The highest BCUT2D eigenvalue weighted by Crippen LogP contribution is 2.26. The third-order valence-corrected chi connectivity index (χ3v) is 2.77. The first-order chi connectivity index (χ1) is 7.95. The molecule has 0 fully saturated rings. The van der Waals surface area contributed by atoms with E-state index in [0.29, 0.717) is 10.0 Å². The van der Waals surface area contributed by atoms with Gasteiger partial charge < -0.3 is 0 Å². The minimum Gasteiger partial charge on any atom is -0.259 e. The molecule has 1 aromatic rings. The molecule has 1 aromatic carbocycles. The van der Waals surface area contributed by atoms with E-state index in [-0.39, 0.29) is 17.8 Å². The van der Waals surface area contributed by atoms with Crippen molar-refractivity contribution in [2.45, 2.75) is 13.3 Å². The zero-order valence-corrected chi connectivity index (χ0v) is 10.5. The lowest BCUT2D eigenvalue weighted by molar-refractivity contribution is -0.425. The number of nitrogens with zero attached hydrogens (tertiary/aromatic N) is 2. The van der Waals surface area contributed by atoms with Gasteiger partial charge in [-0.25, -0.2) is 0 Å². The first-order valence-electron chi connectivity index (χ1n) is 4.74. The highest BCUT2D eigenvalue weighted by atomic mass is 79.9. The summed E-state index contributed by atoms with van der Waals surface area (Å²) in [6.07, 6.45) is 1.59. The van der Waals surface area contributed by atoms with Gasteiger partial charge in [0.05, 0.1) is 14.3 Å². The number of allylic oxidation sites excluding steroid dienone is 1. The van der Waals surface area contributed by atoms with Crippen LogP contribution in [-0.2, 0) is 0 Å². The predicted molar refractivity (Wildman–Crippen MR) is 66.1 cm³/mol. The van der Waals surface area contributed by atoms with Crippen molar-refractivity contribution in [2.24, 2.45) is 0 Å². The van der Waals surface area contributed by atoms with Crippen molar-refractivity contribution in [3.63, 3.8) is 0 Å². The van der Waals surface area contributed by atoms with Gasteiger partial charge in [-0.3, -0.25) is 20.2 Å². The monoisotopic (exact) mass is 300 g/mol. The summed E-state index contributed by atoms with van der Waals surface area (Å²) in [5.74, 6) is 0. The number of halogens is 1. The molecule has 0 N–H and O–H groups in total. The Morgan fingerprint density at radius 2 is 2.06 bits per heavy atom. The molecule has 0 saturated carbocycles. The summed E-state index contributed by atoms with van der Waals surface area (Å²) in [5.41, 5.74) is 0.340. The van der Waals surface area contributed by atoms with Crippen molar-refractivity contribution in [2.75, 3.05) is 0 Å². The molecule has 17 heavy (non-hydrogen) atoms. The minimum atomic E-state index is -0.542. The molecule has 7 heteroatoms. The summed E-state index contributed by atoms with van der Waals surface area (Å²) in [6, 6.07) is 4.37. The number of hydrogen-bond acceptors (Lipinski definition) is 4. The van der Waals surface area contributed by atoms with Crippen LogP contribution < -0.4 is 0 Å². The van der Waals surface area contributed by atoms with Gasteiger partial charge >= 0.3 is 0 Å². The maximum atomic E-state index is 10.7. The third kappa shape index (κ3) is 3.35. The standard InChI is InChI=1S/C10H9BrN2O4/c1-2-8(12(14)15)5-7-3-4-9(11)10(6-7)13(16)17/h3-6H,2H2,1H3/b8-5+. The van der Waals surface area contributed by atoms with Crippen molar-refractivity contribution >= 4 is 27.7 Å². The Morgan fingerprint density at radius 3 is 2.53 bits per heavy atom. The fourth-order valence-corrected chi connectivity index (χ4v) is 1.63. The van der Waals surface area contributed by atoms with Crippen molar-refractivity contribution < 1.29 is 9.85 Å². The zero-order valence-electron chi connectivity index (χ0n) is 8.92. The molecule has 0 unspecified atom stereocenters. The molecule has 1 rings (SSSR count). The highest BCUT2D eigenvalue weighted by Gasteiger charge is 2.13. The Balaban J connectivity index is 3.20. The van der Waals surface area contributed by atoms with Crippen LogP contribution in [0.25, 0.3) is 6.08 Å². The van der Waals surface area contributed by atoms with Gasteiger partial charge in [-0.05, 0) is 27.6 Å². The number of nitro benzene ring substituents is 1. The largest absolute Gasteiger partial charge is 0.284 e. The van der Waals surface area contributed by atoms with E-state index in [1.165, 1.54) is 18.2 Å². The van der Waals surface area contributed by atoms with Gasteiger partial charge in [0.1, 0.15) is 0 Å². The van der Waals surface area contributed by atoms with E-state index in [1.807, 2.05) is 0 Å². The number of rotatable bonds is 4. The molecule has 0 aromatic heterocycles. The SMILES string of the molecule is CC/C(=C\c1ccc(Br)c([N+](=O)[O-])c1)[N+](=O)[O-]. The second kappa shape index (κ2) is 5.53. The summed E-state index contributed by atoms with van der Waals surface area (Å²) in [5, 5.41) is 21.3. The summed E-state index contributed by atoms with van der Waals surface area (Å²) < 4.78 is 0.346. The average molecular weight is 301 g/mol. The normalized spacial score (nSPS) is 11.3. The van der Waals surface area contributed by atoms with Gasteiger partial charge in [0.15, 0.2) is 0 Å². The Hall–Kier alpha value is -1.76. The molecule has 0 aliphatic carbocycles. The molecule has 0 amide bonds. The van der Waals surface area contributed by atoms with E-state index < -0.39 is 9.85 Å². The second-order valence-corrected chi connectivity index (χ2v) is 4.07. The van der Waals surface area contributed by atoms with Crippen LogP contribution in [0.4, 0.5) is 5.69 Å². The number of nitro groups is 2. The highest BCUT2D eigenvalue weighted by molar-refractivity contribution is 9.10. The van der Waals surface area contributed by atoms with Crippen LogP contribution >= 0.6 is 15.9 Å². The van der Waals surface area contributed by atoms with E-state index in [9.17, 15) is 20.2 Å². The van der Waals surface area contributed by atoms with Gasteiger partial charge in [-0.1, -0.05) is 13.0 Å². The molecule has 0 heterocycles. The summed E-state index contributed by atoms with van der Waals surface area (Å²) in [6.45, 7) is 1.65.